The Morgan fingerprint density at radius 3 is 2.22 bits per heavy atom. The average molecular weight is 241 g/mol. The molecule has 1 heterocycles. The van der Waals surface area contributed by atoms with Crippen molar-refractivity contribution in [3.8, 4) is 11.6 Å². The van der Waals surface area contributed by atoms with Gasteiger partial charge in [-0.25, -0.2) is 4.98 Å². The van der Waals surface area contributed by atoms with Crippen LogP contribution in [-0.4, -0.2) is 9.97 Å². The molecule has 0 fully saturated rings. The monoisotopic (exact) mass is 241 g/mol. The fraction of sp³-hybridized carbons (Fsp3) is 0.333. The van der Waals surface area contributed by atoms with Gasteiger partial charge in [-0.15, -0.1) is 0 Å². The zero-order chi connectivity index (χ0) is 13.3. The smallest absolute Gasteiger partial charge is 0.226 e. The fourth-order valence-corrected chi connectivity index (χ4v) is 1.99. The summed E-state index contributed by atoms with van der Waals surface area (Å²) < 4.78 is 5.92. The van der Waals surface area contributed by atoms with E-state index >= 15 is 0 Å². The standard InChI is InChI=1S/C15H17N2O/c1-9-6-10(2)14(11(3)7-9)18-15-12(4)8-16-13(5)17-15/h6-7H,1-5H3. The molecular formula is C15H17N2O. The molecule has 0 amide bonds. The summed E-state index contributed by atoms with van der Waals surface area (Å²) in [4.78, 5) is 8.33. The third-order valence-corrected chi connectivity index (χ3v) is 2.77. The summed E-state index contributed by atoms with van der Waals surface area (Å²) in [6.07, 6.45) is 2.90. The molecule has 1 aromatic carbocycles. The van der Waals surface area contributed by atoms with E-state index in [4.69, 9.17) is 4.74 Å². The third-order valence-electron chi connectivity index (χ3n) is 2.77. The topological polar surface area (TPSA) is 35.0 Å². The Morgan fingerprint density at radius 1 is 1.00 bits per heavy atom. The zero-order valence-electron chi connectivity index (χ0n) is 11.5. The van der Waals surface area contributed by atoms with Crippen molar-refractivity contribution >= 4 is 0 Å². The van der Waals surface area contributed by atoms with E-state index in [0.717, 1.165) is 22.4 Å². The summed E-state index contributed by atoms with van der Waals surface area (Å²) in [5.41, 5.74) is 4.28. The molecule has 2 rings (SSSR count). The van der Waals surface area contributed by atoms with Crippen LogP contribution in [0.3, 0.4) is 0 Å². The van der Waals surface area contributed by atoms with Gasteiger partial charge in [0.15, 0.2) is 0 Å². The zero-order valence-corrected chi connectivity index (χ0v) is 11.5. The van der Waals surface area contributed by atoms with E-state index in [0.29, 0.717) is 11.7 Å². The van der Waals surface area contributed by atoms with Crippen LogP contribution in [0.15, 0.2) is 12.1 Å². The molecule has 0 spiro atoms. The molecule has 93 valence electrons. The van der Waals surface area contributed by atoms with Crippen LogP contribution in [0.1, 0.15) is 28.1 Å². The Balaban J connectivity index is 2.43. The van der Waals surface area contributed by atoms with Gasteiger partial charge in [0, 0.05) is 5.56 Å². The van der Waals surface area contributed by atoms with Crippen molar-refractivity contribution in [2.75, 3.05) is 0 Å². The maximum atomic E-state index is 5.92. The van der Waals surface area contributed by atoms with Crippen LogP contribution in [0.4, 0.5) is 0 Å². The molecule has 0 aliphatic carbocycles. The van der Waals surface area contributed by atoms with Crippen molar-refractivity contribution in [1.82, 2.24) is 9.97 Å². The number of hydrogen-bond donors (Lipinski definition) is 0. The van der Waals surface area contributed by atoms with E-state index < -0.39 is 0 Å². The second kappa shape index (κ2) is 4.77. The van der Waals surface area contributed by atoms with Crippen molar-refractivity contribution in [2.24, 2.45) is 0 Å². The number of benzene rings is 1. The average Bonchev–Trinajstić information content (AvgIpc) is 2.28. The predicted octanol–water partition coefficient (Wildman–Crippen LogP) is 3.61. The van der Waals surface area contributed by atoms with Gasteiger partial charge >= 0.3 is 0 Å². The van der Waals surface area contributed by atoms with E-state index in [-0.39, 0.29) is 0 Å². The van der Waals surface area contributed by atoms with Crippen molar-refractivity contribution in [3.05, 3.63) is 46.4 Å². The van der Waals surface area contributed by atoms with Crippen LogP contribution >= 0.6 is 0 Å². The van der Waals surface area contributed by atoms with Gasteiger partial charge < -0.3 is 4.74 Å². The lowest BCUT2D eigenvalue weighted by molar-refractivity contribution is 0.448. The minimum absolute atomic E-state index is 0.581. The Morgan fingerprint density at radius 2 is 1.61 bits per heavy atom. The number of aryl methyl sites for hydroxylation is 5. The van der Waals surface area contributed by atoms with E-state index in [1.54, 1.807) is 0 Å². The van der Waals surface area contributed by atoms with Crippen molar-refractivity contribution in [1.29, 1.82) is 0 Å². The number of nitrogens with zero attached hydrogens (tertiary/aromatic N) is 2. The van der Waals surface area contributed by atoms with E-state index in [9.17, 15) is 0 Å². The Bertz CT molecular complexity index is 568. The highest BCUT2D eigenvalue weighted by Crippen LogP contribution is 2.29. The first-order chi connectivity index (χ1) is 8.47. The first kappa shape index (κ1) is 12.6. The van der Waals surface area contributed by atoms with Crippen LogP contribution in [0.2, 0.25) is 0 Å². The van der Waals surface area contributed by atoms with Crippen molar-refractivity contribution in [3.63, 3.8) is 0 Å². The van der Waals surface area contributed by atoms with Gasteiger partial charge in [0.05, 0.1) is 6.20 Å². The largest absolute Gasteiger partial charge is 0.438 e. The highest BCUT2D eigenvalue weighted by Gasteiger charge is 2.10. The summed E-state index contributed by atoms with van der Waals surface area (Å²) in [5, 5.41) is 0. The number of ether oxygens (including phenoxy) is 1. The molecule has 0 aliphatic heterocycles. The van der Waals surface area contributed by atoms with E-state index in [1.807, 2.05) is 27.7 Å². The quantitative estimate of drug-likeness (QED) is 0.805. The lowest BCUT2D eigenvalue weighted by atomic mass is 10.1. The molecular weight excluding hydrogens is 224 g/mol. The lowest BCUT2D eigenvalue weighted by Gasteiger charge is -2.13. The summed E-state index contributed by atoms with van der Waals surface area (Å²) in [5.74, 6) is 2.12. The molecule has 0 aliphatic rings. The predicted molar refractivity (Wildman–Crippen MR) is 71.1 cm³/mol. The molecule has 3 nitrogen and oxygen atoms in total. The summed E-state index contributed by atoms with van der Waals surface area (Å²) >= 11 is 0. The molecule has 0 atom stereocenters. The minimum Gasteiger partial charge on any atom is -0.438 e. The van der Waals surface area contributed by atoms with E-state index in [1.165, 1.54) is 5.56 Å². The molecule has 0 unspecified atom stereocenters. The molecule has 2 aromatic rings. The minimum atomic E-state index is 0.581. The Kier molecular flexibility index (Phi) is 3.32. The van der Waals surface area contributed by atoms with Gasteiger partial charge in [-0.1, -0.05) is 17.7 Å². The highest BCUT2D eigenvalue weighted by molar-refractivity contribution is 5.45. The van der Waals surface area contributed by atoms with Gasteiger partial charge in [0.2, 0.25) is 5.88 Å². The molecule has 3 heteroatoms. The molecule has 1 aromatic heterocycles. The normalized spacial score (nSPS) is 10.5. The van der Waals surface area contributed by atoms with Gasteiger partial charge in [-0.2, -0.15) is 4.98 Å². The van der Waals surface area contributed by atoms with Crippen molar-refractivity contribution in [2.45, 2.75) is 34.6 Å². The second-order valence-electron chi connectivity index (χ2n) is 4.64. The molecule has 0 saturated heterocycles. The van der Waals surface area contributed by atoms with Crippen LogP contribution in [0, 0.1) is 40.8 Å². The highest BCUT2D eigenvalue weighted by atomic mass is 16.5. The summed E-state index contributed by atoms with van der Waals surface area (Å²) in [6.45, 7) is 9.90. The van der Waals surface area contributed by atoms with Gasteiger partial charge in [0.25, 0.3) is 0 Å². The third kappa shape index (κ3) is 2.50. The van der Waals surface area contributed by atoms with Gasteiger partial charge in [-0.3, -0.25) is 0 Å². The first-order valence-electron chi connectivity index (χ1n) is 5.96. The maximum absolute atomic E-state index is 5.92. The van der Waals surface area contributed by atoms with Crippen LogP contribution < -0.4 is 4.74 Å². The molecule has 0 saturated carbocycles. The number of aromatic nitrogens is 2. The summed E-state index contributed by atoms with van der Waals surface area (Å²) in [7, 11) is 0. The van der Waals surface area contributed by atoms with E-state index in [2.05, 4.69) is 35.2 Å². The van der Waals surface area contributed by atoms with Gasteiger partial charge in [-0.05, 0) is 45.7 Å². The van der Waals surface area contributed by atoms with Crippen LogP contribution in [-0.2, 0) is 0 Å². The molecule has 18 heavy (non-hydrogen) atoms. The van der Waals surface area contributed by atoms with Crippen molar-refractivity contribution < 1.29 is 4.74 Å². The number of rotatable bonds is 2. The first-order valence-corrected chi connectivity index (χ1v) is 5.96. The second-order valence-corrected chi connectivity index (χ2v) is 4.64. The lowest BCUT2D eigenvalue weighted by Crippen LogP contribution is -1.99. The Labute approximate surface area is 108 Å². The number of hydrogen-bond acceptors (Lipinski definition) is 3. The SMILES string of the molecule is Cc1cc(C)c(Oc2nc(C)n[c]c2C)c(C)c1. The Hall–Kier alpha value is -1.90. The van der Waals surface area contributed by atoms with Crippen LogP contribution in [0.5, 0.6) is 11.6 Å². The van der Waals surface area contributed by atoms with Gasteiger partial charge in [0.1, 0.15) is 11.6 Å². The summed E-state index contributed by atoms with van der Waals surface area (Å²) in [6, 6.07) is 4.21. The molecule has 0 bridgehead atoms. The van der Waals surface area contributed by atoms with Crippen LogP contribution in [0.25, 0.3) is 0 Å². The molecule has 0 N–H and O–H groups in total. The fourth-order valence-electron chi connectivity index (χ4n) is 1.99. The maximum Gasteiger partial charge on any atom is 0.226 e. The molecule has 1 radical (unpaired) electrons.